The van der Waals surface area contributed by atoms with E-state index in [2.05, 4.69) is 27.7 Å². The van der Waals surface area contributed by atoms with Gasteiger partial charge in [-0.1, -0.05) is 182 Å². The van der Waals surface area contributed by atoms with E-state index in [9.17, 15) is 9.90 Å². The van der Waals surface area contributed by atoms with E-state index >= 15 is 0 Å². The molecule has 0 aromatic rings. The van der Waals surface area contributed by atoms with Crippen molar-refractivity contribution in [3.63, 3.8) is 0 Å². The minimum atomic E-state index is -0.552. The number of carboxylic acid groups (broad SMARTS) is 1. The molecule has 216 valence electrons. The van der Waals surface area contributed by atoms with E-state index in [0.29, 0.717) is 5.92 Å². The Labute approximate surface area is 228 Å². The molecule has 36 heavy (non-hydrogen) atoms. The number of carbonyl (C=O) groups is 1. The standard InChI is InChI=1S/C34H68O2/c1-5-7-23-28-32(26-6-2)30-33(34(35)36)29-25-22-20-18-16-14-12-10-8-9-11-13-15-17-19-21-24-27-31(3)4/h31-33H,5-30H2,1-4H3,(H,35,36). The van der Waals surface area contributed by atoms with Gasteiger partial charge in [-0.2, -0.15) is 0 Å². The Bertz CT molecular complexity index is 444. The van der Waals surface area contributed by atoms with Gasteiger partial charge in [0.1, 0.15) is 0 Å². The average molecular weight is 509 g/mol. The van der Waals surface area contributed by atoms with Crippen LogP contribution in [0.25, 0.3) is 0 Å². The molecule has 0 aromatic heterocycles. The van der Waals surface area contributed by atoms with Crippen LogP contribution in [0.5, 0.6) is 0 Å². The normalized spacial score (nSPS) is 13.4. The van der Waals surface area contributed by atoms with Crippen LogP contribution in [0.15, 0.2) is 0 Å². The summed E-state index contributed by atoms with van der Waals surface area (Å²) in [7, 11) is 0. The monoisotopic (exact) mass is 509 g/mol. The zero-order valence-electron chi connectivity index (χ0n) is 25.5. The lowest BCUT2D eigenvalue weighted by molar-refractivity contribution is -0.142. The second-order valence-electron chi connectivity index (χ2n) is 12.4. The molecule has 0 bridgehead atoms. The van der Waals surface area contributed by atoms with Crippen molar-refractivity contribution in [3.8, 4) is 0 Å². The first-order valence-corrected chi connectivity index (χ1v) is 16.7. The topological polar surface area (TPSA) is 37.3 Å². The first kappa shape index (κ1) is 35.5. The highest BCUT2D eigenvalue weighted by molar-refractivity contribution is 5.69. The molecular weight excluding hydrogens is 440 g/mol. The van der Waals surface area contributed by atoms with Gasteiger partial charge in [-0.15, -0.1) is 0 Å². The first-order valence-electron chi connectivity index (χ1n) is 16.7. The molecule has 0 aliphatic heterocycles. The van der Waals surface area contributed by atoms with Crippen molar-refractivity contribution in [1.82, 2.24) is 0 Å². The van der Waals surface area contributed by atoms with E-state index in [1.165, 1.54) is 148 Å². The molecule has 2 nitrogen and oxygen atoms in total. The molecule has 2 unspecified atom stereocenters. The quantitative estimate of drug-likeness (QED) is 0.102. The van der Waals surface area contributed by atoms with Crippen LogP contribution in [0, 0.1) is 17.8 Å². The van der Waals surface area contributed by atoms with Crippen molar-refractivity contribution in [2.24, 2.45) is 17.8 Å². The van der Waals surface area contributed by atoms with Crippen LogP contribution in [0.3, 0.4) is 0 Å². The molecule has 0 rings (SSSR count). The van der Waals surface area contributed by atoms with Gasteiger partial charge in [0, 0.05) is 0 Å². The van der Waals surface area contributed by atoms with Crippen LogP contribution in [-0.2, 0) is 4.79 Å². The van der Waals surface area contributed by atoms with Crippen molar-refractivity contribution >= 4 is 5.97 Å². The fourth-order valence-corrected chi connectivity index (χ4v) is 5.81. The lowest BCUT2D eigenvalue weighted by Gasteiger charge is -2.21. The zero-order valence-corrected chi connectivity index (χ0v) is 25.5. The number of unbranched alkanes of at least 4 members (excludes halogenated alkanes) is 18. The van der Waals surface area contributed by atoms with E-state index in [0.717, 1.165) is 25.2 Å². The summed E-state index contributed by atoms with van der Waals surface area (Å²) in [5.41, 5.74) is 0. The molecular formula is C34H68O2. The number of rotatable bonds is 29. The summed E-state index contributed by atoms with van der Waals surface area (Å²) in [6, 6.07) is 0. The number of carboxylic acids is 1. The Hall–Kier alpha value is -0.530. The predicted molar refractivity (Wildman–Crippen MR) is 161 cm³/mol. The summed E-state index contributed by atoms with van der Waals surface area (Å²) in [4.78, 5) is 11.8. The third kappa shape index (κ3) is 25.1. The molecule has 0 heterocycles. The second-order valence-corrected chi connectivity index (χ2v) is 12.4. The van der Waals surface area contributed by atoms with Gasteiger partial charge in [0.2, 0.25) is 0 Å². The minimum Gasteiger partial charge on any atom is -0.481 e. The number of hydrogen-bond acceptors (Lipinski definition) is 1. The molecule has 0 amide bonds. The Morgan fingerprint density at radius 3 is 1.25 bits per heavy atom. The number of hydrogen-bond donors (Lipinski definition) is 1. The molecule has 0 aromatic carbocycles. The molecule has 0 aliphatic carbocycles. The van der Waals surface area contributed by atoms with Crippen LogP contribution in [0.2, 0.25) is 0 Å². The van der Waals surface area contributed by atoms with Gasteiger partial charge in [0.25, 0.3) is 0 Å². The summed E-state index contributed by atoms with van der Waals surface area (Å²) in [6.45, 7) is 9.15. The fraction of sp³-hybridized carbons (Fsp3) is 0.971. The van der Waals surface area contributed by atoms with E-state index in [4.69, 9.17) is 0 Å². The largest absolute Gasteiger partial charge is 0.481 e. The highest BCUT2D eigenvalue weighted by atomic mass is 16.4. The average Bonchev–Trinajstić information content (AvgIpc) is 2.84. The van der Waals surface area contributed by atoms with Crippen molar-refractivity contribution in [2.75, 3.05) is 0 Å². The Morgan fingerprint density at radius 2 is 0.889 bits per heavy atom. The van der Waals surface area contributed by atoms with Crippen molar-refractivity contribution in [3.05, 3.63) is 0 Å². The van der Waals surface area contributed by atoms with Crippen molar-refractivity contribution in [2.45, 2.75) is 195 Å². The summed E-state index contributed by atoms with van der Waals surface area (Å²) in [6.07, 6.45) is 34.2. The summed E-state index contributed by atoms with van der Waals surface area (Å²) < 4.78 is 0. The Morgan fingerprint density at radius 1 is 0.500 bits per heavy atom. The molecule has 0 saturated carbocycles. The molecule has 0 saturated heterocycles. The number of aliphatic carboxylic acids is 1. The van der Waals surface area contributed by atoms with Crippen LogP contribution in [0.1, 0.15) is 195 Å². The Balaban J connectivity index is 3.53. The lowest BCUT2D eigenvalue weighted by atomic mass is 9.85. The van der Waals surface area contributed by atoms with Crippen LogP contribution in [-0.4, -0.2) is 11.1 Å². The summed E-state index contributed by atoms with van der Waals surface area (Å²) in [5, 5.41) is 9.72. The maximum atomic E-state index is 11.8. The third-order valence-electron chi connectivity index (χ3n) is 8.21. The minimum absolute atomic E-state index is 0.113. The van der Waals surface area contributed by atoms with E-state index in [1.807, 2.05) is 0 Å². The van der Waals surface area contributed by atoms with Gasteiger partial charge in [-0.05, 0) is 24.7 Å². The van der Waals surface area contributed by atoms with Gasteiger partial charge in [0.15, 0.2) is 0 Å². The molecule has 0 spiro atoms. The molecule has 2 atom stereocenters. The van der Waals surface area contributed by atoms with Gasteiger partial charge >= 0.3 is 5.97 Å². The van der Waals surface area contributed by atoms with E-state index in [1.54, 1.807) is 0 Å². The maximum Gasteiger partial charge on any atom is 0.306 e. The predicted octanol–water partition coefficient (Wildman–Crippen LogP) is 12.1. The van der Waals surface area contributed by atoms with Crippen LogP contribution in [0.4, 0.5) is 0 Å². The van der Waals surface area contributed by atoms with E-state index < -0.39 is 5.97 Å². The van der Waals surface area contributed by atoms with Crippen molar-refractivity contribution in [1.29, 1.82) is 0 Å². The van der Waals surface area contributed by atoms with Crippen molar-refractivity contribution < 1.29 is 9.90 Å². The second kappa shape index (κ2) is 27.5. The van der Waals surface area contributed by atoms with Gasteiger partial charge in [-0.3, -0.25) is 4.79 Å². The maximum absolute atomic E-state index is 11.8. The highest BCUT2D eigenvalue weighted by Gasteiger charge is 2.21. The lowest BCUT2D eigenvalue weighted by Crippen LogP contribution is -2.18. The highest BCUT2D eigenvalue weighted by Crippen LogP contribution is 2.27. The molecule has 2 heteroatoms. The van der Waals surface area contributed by atoms with Crippen LogP contribution < -0.4 is 0 Å². The third-order valence-corrected chi connectivity index (χ3v) is 8.21. The zero-order chi connectivity index (χ0) is 26.7. The molecule has 0 fully saturated rings. The van der Waals surface area contributed by atoms with Crippen LogP contribution >= 0.6 is 0 Å². The first-order chi connectivity index (χ1) is 17.5. The van der Waals surface area contributed by atoms with Gasteiger partial charge in [-0.25, -0.2) is 0 Å². The molecule has 1 N–H and O–H groups in total. The Kier molecular flexibility index (Phi) is 27.1. The summed E-state index contributed by atoms with van der Waals surface area (Å²) >= 11 is 0. The fourth-order valence-electron chi connectivity index (χ4n) is 5.81. The smallest absolute Gasteiger partial charge is 0.306 e. The summed E-state index contributed by atoms with van der Waals surface area (Å²) in [5.74, 6) is 0.829. The molecule has 0 aliphatic rings. The molecule has 0 radical (unpaired) electrons. The van der Waals surface area contributed by atoms with Gasteiger partial charge < -0.3 is 5.11 Å². The SMILES string of the molecule is CCCCCC(CCC)CC(CCCCCCCCCCCCCCCCCCCC(C)C)C(=O)O. The van der Waals surface area contributed by atoms with E-state index in [-0.39, 0.29) is 5.92 Å². The van der Waals surface area contributed by atoms with Gasteiger partial charge in [0.05, 0.1) is 5.92 Å².